The lowest BCUT2D eigenvalue weighted by atomic mass is 9.96. The summed E-state index contributed by atoms with van der Waals surface area (Å²) in [6.45, 7) is 7.53. The van der Waals surface area contributed by atoms with Gasteiger partial charge in [0, 0.05) is 18.4 Å². The van der Waals surface area contributed by atoms with E-state index in [1.165, 1.54) is 0 Å². The van der Waals surface area contributed by atoms with Gasteiger partial charge in [-0.15, -0.1) is 10.2 Å². The number of hydrogen-bond donors (Lipinski definition) is 3. The van der Waals surface area contributed by atoms with E-state index >= 15 is 0 Å². The predicted octanol–water partition coefficient (Wildman–Crippen LogP) is -0.0707. The average Bonchev–Trinajstić information content (AvgIpc) is 2.80. The van der Waals surface area contributed by atoms with Gasteiger partial charge in [-0.3, -0.25) is 9.59 Å². The molecule has 0 spiro atoms. The second-order valence-electron chi connectivity index (χ2n) is 5.32. The Morgan fingerprint density at radius 1 is 1.37 bits per heavy atom. The van der Waals surface area contributed by atoms with Crippen molar-refractivity contribution in [1.29, 1.82) is 0 Å². The van der Waals surface area contributed by atoms with E-state index in [0.29, 0.717) is 12.4 Å². The minimum Gasteiger partial charge on any atom is -0.355 e. The van der Waals surface area contributed by atoms with Crippen LogP contribution in [-0.4, -0.2) is 39.0 Å². The zero-order chi connectivity index (χ0) is 14.5. The molecule has 0 bridgehead atoms. The minimum atomic E-state index is -0.450. The average molecular weight is 268 g/mol. The van der Waals surface area contributed by atoms with Gasteiger partial charge in [0.25, 0.3) is 0 Å². The highest BCUT2D eigenvalue weighted by atomic mass is 16.2. The lowest BCUT2D eigenvalue weighted by Crippen LogP contribution is -2.37. The summed E-state index contributed by atoms with van der Waals surface area (Å²) in [5, 5.41) is 18.7. The first-order chi connectivity index (χ1) is 8.80. The summed E-state index contributed by atoms with van der Waals surface area (Å²) >= 11 is 0. The van der Waals surface area contributed by atoms with Crippen LogP contribution in [0.2, 0.25) is 0 Å². The smallest absolute Gasteiger partial charge is 0.225 e. The van der Waals surface area contributed by atoms with Gasteiger partial charge in [0.2, 0.25) is 11.8 Å². The second kappa shape index (κ2) is 6.26. The number of rotatable bonds is 5. The summed E-state index contributed by atoms with van der Waals surface area (Å²) in [4.78, 5) is 23.2. The Balaban J connectivity index is 2.27. The number of hydrogen-bond acceptors (Lipinski definition) is 5. The van der Waals surface area contributed by atoms with Crippen molar-refractivity contribution in [1.82, 2.24) is 31.3 Å². The van der Waals surface area contributed by atoms with E-state index in [9.17, 15) is 9.59 Å². The first-order valence-corrected chi connectivity index (χ1v) is 6.11. The number of carbonyl (C=O) groups excluding carboxylic acids is 2. The van der Waals surface area contributed by atoms with E-state index < -0.39 is 5.41 Å². The van der Waals surface area contributed by atoms with Crippen LogP contribution in [0.15, 0.2) is 0 Å². The molecule has 0 aliphatic carbocycles. The van der Waals surface area contributed by atoms with Crippen molar-refractivity contribution in [3.05, 3.63) is 5.82 Å². The fraction of sp³-hybridized carbons (Fsp3) is 0.727. The number of nitrogens with zero attached hydrogens (tertiary/aromatic N) is 3. The quantitative estimate of drug-likeness (QED) is 0.692. The number of tetrazole rings is 1. The molecule has 0 fully saturated rings. The molecule has 3 N–H and O–H groups in total. The minimum absolute atomic E-state index is 0.0773. The maximum atomic E-state index is 11.6. The Morgan fingerprint density at radius 2 is 2.05 bits per heavy atom. The molecule has 1 unspecified atom stereocenters. The standard InChI is InChI=1S/C11H20N6O2/c1-7(9-14-16-17-15-9)13-8(18)5-6-12-10(19)11(2,3)4/h7H,5-6H2,1-4H3,(H,12,19)(H,13,18)(H,14,15,16,17). The van der Waals surface area contributed by atoms with Crippen molar-refractivity contribution in [2.24, 2.45) is 5.41 Å². The molecule has 0 aliphatic heterocycles. The Hall–Kier alpha value is -1.99. The Labute approximate surface area is 111 Å². The molecule has 1 atom stereocenters. The molecule has 2 amide bonds. The lowest BCUT2D eigenvalue weighted by Gasteiger charge is -2.17. The third kappa shape index (κ3) is 5.02. The van der Waals surface area contributed by atoms with Gasteiger partial charge < -0.3 is 10.6 Å². The van der Waals surface area contributed by atoms with Crippen molar-refractivity contribution in [2.45, 2.75) is 40.2 Å². The molecule has 1 rings (SSSR count). The molecule has 106 valence electrons. The number of nitrogens with one attached hydrogen (secondary N) is 3. The van der Waals surface area contributed by atoms with Gasteiger partial charge in [-0.1, -0.05) is 26.0 Å². The highest BCUT2D eigenvalue weighted by Gasteiger charge is 2.21. The van der Waals surface area contributed by atoms with Gasteiger partial charge in [0.15, 0.2) is 5.82 Å². The monoisotopic (exact) mass is 268 g/mol. The first-order valence-electron chi connectivity index (χ1n) is 6.11. The molecule has 0 aromatic carbocycles. The highest BCUT2D eigenvalue weighted by molar-refractivity contribution is 5.82. The van der Waals surface area contributed by atoms with Crippen LogP contribution in [0.5, 0.6) is 0 Å². The van der Waals surface area contributed by atoms with E-state index in [1.807, 2.05) is 20.8 Å². The van der Waals surface area contributed by atoms with Gasteiger partial charge in [-0.2, -0.15) is 5.21 Å². The molecule has 19 heavy (non-hydrogen) atoms. The zero-order valence-corrected chi connectivity index (χ0v) is 11.6. The van der Waals surface area contributed by atoms with E-state index in [1.54, 1.807) is 6.92 Å². The van der Waals surface area contributed by atoms with Crippen LogP contribution in [0.4, 0.5) is 0 Å². The summed E-state index contributed by atoms with van der Waals surface area (Å²) in [6, 6.07) is -0.315. The number of aromatic amines is 1. The van der Waals surface area contributed by atoms with E-state index in [0.717, 1.165) is 0 Å². The topological polar surface area (TPSA) is 113 Å². The SMILES string of the molecule is CC(NC(=O)CCNC(=O)C(C)(C)C)c1nn[nH]n1. The van der Waals surface area contributed by atoms with Crippen molar-refractivity contribution in [3.8, 4) is 0 Å². The Morgan fingerprint density at radius 3 is 2.58 bits per heavy atom. The molecule has 8 heteroatoms. The number of carbonyl (C=O) groups is 2. The van der Waals surface area contributed by atoms with Crippen molar-refractivity contribution < 1.29 is 9.59 Å². The molecule has 0 saturated carbocycles. The zero-order valence-electron chi connectivity index (χ0n) is 11.6. The van der Waals surface area contributed by atoms with Crippen LogP contribution in [0.1, 0.15) is 46.0 Å². The first kappa shape index (κ1) is 15.1. The molecule has 0 radical (unpaired) electrons. The number of amides is 2. The predicted molar refractivity (Wildman–Crippen MR) is 67.8 cm³/mol. The molecular formula is C11H20N6O2. The summed E-state index contributed by atoms with van der Waals surface area (Å²) in [5.41, 5.74) is -0.450. The van der Waals surface area contributed by atoms with Crippen LogP contribution >= 0.6 is 0 Å². The normalized spacial score (nSPS) is 12.8. The molecule has 0 saturated heterocycles. The van der Waals surface area contributed by atoms with Crippen LogP contribution < -0.4 is 10.6 Å². The molecule has 1 aromatic rings. The Kier molecular flexibility index (Phi) is 4.96. The van der Waals surface area contributed by atoms with Crippen LogP contribution in [0.3, 0.4) is 0 Å². The fourth-order valence-corrected chi connectivity index (χ4v) is 1.29. The van der Waals surface area contributed by atoms with Gasteiger partial charge >= 0.3 is 0 Å². The second-order valence-corrected chi connectivity index (χ2v) is 5.32. The summed E-state index contributed by atoms with van der Waals surface area (Å²) in [6.07, 6.45) is 0.212. The summed E-state index contributed by atoms with van der Waals surface area (Å²) in [5.74, 6) is 0.171. The summed E-state index contributed by atoms with van der Waals surface area (Å²) < 4.78 is 0. The van der Waals surface area contributed by atoms with Gasteiger partial charge in [0.05, 0.1) is 6.04 Å². The lowest BCUT2D eigenvalue weighted by molar-refractivity contribution is -0.128. The Bertz CT molecular complexity index is 423. The van der Waals surface area contributed by atoms with E-state index in [4.69, 9.17) is 0 Å². The third-order valence-electron chi connectivity index (χ3n) is 2.45. The van der Waals surface area contributed by atoms with Crippen LogP contribution in [0, 0.1) is 5.41 Å². The van der Waals surface area contributed by atoms with Gasteiger partial charge in [-0.05, 0) is 6.92 Å². The van der Waals surface area contributed by atoms with Crippen LogP contribution in [0.25, 0.3) is 0 Å². The van der Waals surface area contributed by atoms with Gasteiger partial charge in [-0.25, -0.2) is 0 Å². The van der Waals surface area contributed by atoms with Gasteiger partial charge in [0.1, 0.15) is 0 Å². The van der Waals surface area contributed by atoms with E-state index in [2.05, 4.69) is 31.3 Å². The fourth-order valence-electron chi connectivity index (χ4n) is 1.29. The number of H-pyrrole nitrogens is 1. The van der Waals surface area contributed by atoms with Crippen molar-refractivity contribution >= 4 is 11.8 Å². The maximum Gasteiger partial charge on any atom is 0.225 e. The van der Waals surface area contributed by atoms with Crippen molar-refractivity contribution in [3.63, 3.8) is 0 Å². The maximum absolute atomic E-state index is 11.6. The molecular weight excluding hydrogens is 248 g/mol. The van der Waals surface area contributed by atoms with Crippen molar-refractivity contribution in [2.75, 3.05) is 6.54 Å². The number of aromatic nitrogens is 4. The summed E-state index contributed by atoms with van der Waals surface area (Å²) in [7, 11) is 0. The molecule has 1 heterocycles. The highest BCUT2D eigenvalue weighted by Crippen LogP contribution is 2.12. The largest absolute Gasteiger partial charge is 0.355 e. The van der Waals surface area contributed by atoms with Crippen LogP contribution in [-0.2, 0) is 9.59 Å². The molecule has 8 nitrogen and oxygen atoms in total. The molecule has 1 aromatic heterocycles. The van der Waals surface area contributed by atoms with E-state index in [-0.39, 0.29) is 24.3 Å². The molecule has 0 aliphatic rings. The third-order valence-corrected chi connectivity index (χ3v) is 2.45.